The molecular formula is C52H99NO5. The molecule has 0 spiro atoms. The van der Waals surface area contributed by atoms with Crippen LogP contribution in [0.4, 0.5) is 0 Å². The monoisotopic (exact) mass is 818 g/mol. The first-order valence-corrected chi connectivity index (χ1v) is 25.6. The number of unbranched alkanes of at least 4 members (excludes halogenated alkanes) is 31. The number of ether oxygens (including phenoxy) is 1. The molecule has 0 fully saturated rings. The molecule has 6 heteroatoms. The molecule has 0 aromatic carbocycles. The van der Waals surface area contributed by atoms with Crippen LogP contribution in [0.3, 0.4) is 0 Å². The van der Waals surface area contributed by atoms with Crippen LogP contribution in [0.5, 0.6) is 0 Å². The van der Waals surface area contributed by atoms with E-state index in [1.165, 1.54) is 167 Å². The number of carbonyl (C=O) groups excluding carboxylic acids is 2. The third-order valence-corrected chi connectivity index (χ3v) is 11.8. The normalized spacial score (nSPS) is 13.4. The van der Waals surface area contributed by atoms with Crippen molar-refractivity contribution in [3.8, 4) is 0 Å². The van der Waals surface area contributed by atoms with Crippen molar-refractivity contribution < 1.29 is 24.5 Å². The second kappa shape index (κ2) is 46.4. The van der Waals surface area contributed by atoms with Gasteiger partial charge in [0.25, 0.3) is 0 Å². The first-order valence-electron chi connectivity index (χ1n) is 25.6. The lowest BCUT2D eigenvalue weighted by molar-refractivity contribution is -0.151. The Kier molecular flexibility index (Phi) is 45.1. The predicted octanol–water partition coefficient (Wildman–Crippen LogP) is 15.1. The van der Waals surface area contributed by atoms with Gasteiger partial charge in [0.2, 0.25) is 5.91 Å². The van der Waals surface area contributed by atoms with E-state index in [9.17, 15) is 19.8 Å². The van der Waals surface area contributed by atoms with Crippen molar-refractivity contribution in [2.24, 2.45) is 0 Å². The van der Waals surface area contributed by atoms with Gasteiger partial charge < -0.3 is 20.3 Å². The molecule has 1 amide bonds. The van der Waals surface area contributed by atoms with Crippen molar-refractivity contribution >= 4 is 11.9 Å². The standard InChI is InChI=1S/C52H99NO5/c1-4-7-10-13-16-19-22-24-25-26-27-30-33-36-39-42-45-52(57)58-48(43-40-37-34-31-28-21-18-15-12-9-6-3)46-51(56)53-49(47-54)50(55)44-41-38-35-32-29-23-20-17-14-11-8-5-2/h25-27,30,48-50,54-55H,4-24,28-29,31-47H2,1-3H3,(H,53,56)/b26-25+,30-27+. The lowest BCUT2D eigenvalue weighted by Crippen LogP contribution is -2.46. The van der Waals surface area contributed by atoms with Crippen molar-refractivity contribution in [3.63, 3.8) is 0 Å². The van der Waals surface area contributed by atoms with Crippen LogP contribution < -0.4 is 5.32 Å². The van der Waals surface area contributed by atoms with Gasteiger partial charge in [0, 0.05) is 6.42 Å². The van der Waals surface area contributed by atoms with Crippen LogP contribution in [0.2, 0.25) is 0 Å². The highest BCUT2D eigenvalue weighted by Crippen LogP contribution is 2.18. The summed E-state index contributed by atoms with van der Waals surface area (Å²) in [5, 5.41) is 23.7. The Balaban J connectivity index is 4.56. The summed E-state index contributed by atoms with van der Waals surface area (Å²) in [5.41, 5.74) is 0. The fraction of sp³-hybridized carbons (Fsp3) is 0.885. The predicted molar refractivity (Wildman–Crippen MR) is 250 cm³/mol. The van der Waals surface area contributed by atoms with E-state index >= 15 is 0 Å². The zero-order valence-corrected chi connectivity index (χ0v) is 38.9. The average molecular weight is 818 g/mol. The molecule has 342 valence electrons. The quantitative estimate of drug-likeness (QED) is 0.0323. The second-order valence-corrected chi connectivity index (χ2v) is 17.6. The lowest BCUT2D eigenvalue weighted by atomic mass is 10.0. The van der Waals surface area contributed by atoms with Crippen molar-refractivity contribution in [3.05, 3.63) is 24.3 Å². The van der Waals surface area contributed by atoms with E-state index in [0.29, 0.717) is 19.3 Å². The Hall–Kier alpha value is -1.66. The fourth-order valence-corrected chi connectivity index (χ4v) is 7.89. The van der Waals surface area contributed by atoms with E-state index in [2.05, 4.69) is 50.4 Å². The Morgan fingerprint density at radius 1 is 0.500 bits per heavy atom. The summed E-state index contributed by atoms with van der Waals surface area (Å²) >= 11 is 0. The third-order valence-electron chi connectivity index (χ3n) is 11.8. The minimum Gasteiger partial charge on any atom is -0.462 e. The topological polar surface area (TPSA) is 95.9 Å². The van der Waals surface area contributed by atoms with Gasteiger partial charge in [-0.2, -0.15) is 0 Å². The number of aliphatic hydroxyl groups excluding tert-OH is 2. The highest BCUT2D eigenvalue weighted by molar-refractivity contribution is 5.77. The van der Waals surface area contributed by atoms with Crippen LogP contribution in [0, 0.1) is 0 Å². The average Bonchev–Trinajstić information content (AvgIpc) is 3.22. The van der Waals surface area contributed by atoms with E-state index in [-0.39, 0.29) is 24.9 Å². The van der Waals surface area contributed by atoms with Crippen molar-refractivity contribution in [1.82, 2.24) is 5.32 Å². The first kappa shape index (κ1) is 56.3. The largest absolute Gasteiger partial charge is 0.462 e. The SMILES string of the molecule is CCCCCCCCC/C=C/C=C/CCCCCC(=O)OC(CCCCCCCCCCCCC)CC(=O)NC(CO)C(O)CCCCCCCCCCCCCC. The molecule has 3 unspecified atom stereocenters. The van der Waals surface area contributed by atoms with Gasteiger partial charge in [-0.3, -0.25) is 9.59 Å². The summed E-state index contributed by atoms with van der Waals surface area (Å²) in [5.74, 6) is -0.493. The molecule has 3 N–H and O–H groups in total. The zero-order chi connectivity index (χ0) is 42.4. The van der Waals surface area contributed by atoms with E-state index in [1.54, 1.807) is 0 Å². The molecule has 0 aliphatic rings. The zero-order valence-electron chi connectivity index (χ0n) is 38.9. The number of carbonyl (C=O) groups is 2. The van der Waals surface area contributed by atoms with E-state index in [4.69, 9.17) is 4.74 Å². The molecule has 0 rings (SSSR count). The Morgan fingerprint density at radius 2 is 0.862 bits per heavy atom. The van der Waals surface area contributed by atoms with Gasteiger partial charge in [0.1, 0.15) is 6.10 Å². The maximum absolute atomic E-state index is 13.2. The van der Waals surface area contributed by atoms with Gasteiger partial charge in [0.05, 0.1) is 25.2 Å². The molecule has 58 heavy (non-hydrogen) atoms. The minimum atomic E-state index is -0.787. The number of nitrogens with one attached hydrogen (secondary N) is 1. The summed E-state index contributed by atoms with van der Waals surface area (Å²) in [4.78, 5) is 26.1. The number of rotatable bonds is 46. The van der Waals surface area contributed by atoms with Crippen LogP contribution >= 0.6 is 0 Å². The lowest BCUT2D eigenvalue weighted by Gasteiger charge is -2.24. The molecule has 0 saturated heterocycles. The molecule has 0 aromatic heterocycles. The summed E-state index contributed by atoms with van der Waals surface area (Å²) in [6.07, 6.45) is 52.3. The van der Waals surface area contributed by atoms with Crippen molar-refractivity contribution in [1.29, 1.82) is 0 Å². The minimum absolute atomic E-state index is 0.0720. The third kappa shape index (κ3) is 41.1. The summed E-state index contributed by atoms with van der Waals surface area (Å²) < 4.78 is 5.91. The van der Waals surface area contributed by atoms with Gasteiger partial charge in [0.15, 0.2) is 0 Å². The number of esters is 1. The highest BCUT2D eigenvalue weighted by atomic mass is 16.5. The summed E-state index contributed by atoms with van der Waals surface area (Å²) in [6.45, 7) is 6.48. The summed E-state index contributed by atoms with van der Waals surface area (Å²) in [6, 6.07) is -0.701. The second-order valence-electron chi connectivity index (χ2n) is 17.6. The van der Waals surface area contributed by atoms with Gasteiger partial charge in [-0.25, -0.2) is 0 Å². The van der Waals surface area contributed by atoms with Crippen molar-refractivity contribution in [2.45, 2.75) is 289 Å². The van der Waals surface area contributed by atoms with E-state index in [1.807, 2.05) is 0 Å². The van der Waals surface area contributed by atoms with Crippen LogP contribution in [0.25, 0.3) is 0 Å². The molecular weight excluding hydrogens is 719 g/mol. The highest BCUT2D eigenvalue weighted by Gasteiger charge is 2.24. The number of amides is 1. The van der Waals surface area contributed by atoms with Crippen LogP contribution in [0.1, 0.15) is 271 Å². The Morgan fingerprint density at radius 3 is 1.28 bits per heavy atom. The van der Waals surface area contributed by atoms with E-state index < -0.39 is 18.2 Å². The number of allylic oxidation sites excluding steroid dienone is 4. The van der Waals surface area contributed by atoms with E-state index in [0.717, 1.165) is 57.8 Å². The van der Waals surface area contributed by atoms with Crippen LogP contribution in [0.15, 0.2) is 24.3 Å². The van der Waals surface area contributed by atoms with Gasteiger partial charge >= 0.3 is 5.97 Å². The first-order chi connectivity index (χ1) is 28.5. The van der Waals surface area contributed by atoms with Gasteiger partial charge in [-0.05, 0) is 51.4 Å². The number of aliphatic hydroxyl groups is 2. The maximum Gasteiger partial charge on any atom is 0.306 e. The molecule has 0 bridgehead atoms. The molecule has 0 saturated carbocycles. The summed E-state index contributed by atoms with van der Waals surface area (Å²) in [7, 11) is 0. The fourth-order valence-electron chi connectivity index (χ4n) is 7.89. The molecule has 0 aromatic rings. The number of hydrogen-bond acceptors (Lipinski definition) is 5. The Bertz CT molecular complexity index is 919. The molecule has 0 aliphatic heterocycles. The number of hydrogen-bond donors (Lipinski definition) is 3. The maximum atomic E-state index is 13.2. The van der Waals surface area contributed by atoms with Crippen LogP contribution in [-0.4, -0.2) is 46.9 Å². The van der Waals surface area contributed by atoms with Gasteiger partial charge in [-0.15, -0.1) is 0 Å². The molecule has 0 heterocycles. The molecule has 3 atom stereocenters. The smallest absolute Gasteiger partial charge is 0.306 e. The molecule has 0 aliphatic carbocycles. The van der Waals surface area contributed by atoms with Crippen LogP contribution in [-0.2, 0) is 14.3 Å². The van der Waals surface area contributed by atoms with Gasteiger partial charge in [-0.1, -0.05) is 231 Å². The van der Waals surface area contributed by atoms with Crippen molar-refractivity contribution in [2.75, 3.05) is 6.61 Å². The molecule has 6 nitrogen and oxygen atoms in total. The Labute approximate surface area is 361 Å². The molecule has 0 radical (unpaired) electrons.